The van der Waals surface area contributed by atoms with E-state index in [1.165, 1.54) is 6.92 Å². The van der Waals surface area contributed by atoms with Crippen molar-refractivity contribution in [2.45, 2.75) is 19.8 Å². The van der Waals surface area contributed by atoms with Crippen LogP contribution < -0.4 is 16.0 Å². The fraction of sp³-hybridized carbons (Fsp3) is 0.800. The Bertz CT molecular complexity index is 195. The minimum atomic E-state index is -0.0550. The lowest BCUT2D eigenvalue weighted by atomic mass is 10.2. The molecule has 0 bridgehead atoms. The molecule has 0 unspecified atom stereocenters. The summed E-state index contributed by atoms with van der Waals surface area (Å²) in [5.74, 6) is -0.00193. The molecule has 0 aromatic heterocycles. The zero-order chi connectivity index (χ0) is 11.5. The molecule has 0 fully saturated rings. The number of carbonyl (C=O) groups excluding carboxylic acids is 2. The second kappa shape index (κ2) is 9.61. The van der Waals surface area contributed by atoms with Gasteiger partial charge in [0, 0.05) is 39.0 Å². The number of hydrogen-bond donors (Lipinski definition) is 3. The summed E-state index contributed by atoms with van der Waals surface area (Å²) >= 11 is 0. The lowest BCUT2D eigenvalue weighted by molar-refractivity contribution is -0.124. The van der Waals surface area contributed by atoms with E-state index in [2.05, 4.69) is 16.0 Å². The molecule has 0 aromatic carbocycles. The van der Waals surface area contributed by atoms with Crippen molar-refractivity contribution in [2.75, 3.05) is 33.2 Å². The third-order valence-corrected chi connectivity index (χ3v) is 1.88. The molecule has 5 nitrogen and oxygen atoms in total. The number of carbonyl (C=O) groups is 2. The number of likely N-dealkylation sites (N-methyl/N-ethyl adjacent to an activating group) is 1. The normalized spacial score (nSPS) is 10.0. The summed E-state index contributed by atoms with van der Waals surface area (Å²) in [4.78, 5) is 21.7. The SMILES string of the molecule is CNCCNCCNC(=O)CCC(C)=O. The van der Waals surface area contributed by atoms with Gasteiger partial charge < -0.3 is 20.7 Å². The lowest BCUT2D eigenvalue weighted by Gasteiger charge is -2.05. The fourth-order valence-electron chi connectivity index (χ4n) is 1.01. The van der Waals surface area contributed by atoms with Crippen molar-refractivity contribution in [3.63, 3.8) is 0 Å². The van der Waals surface area contributed by atoms with Crippen molar-refractivity contribution < 1.29 is 9.59 Å². The summed E-state index contributed by atoms with van der Waals surface area (Å²) in [7, 11) is 1.89. The molecule has 0 atom stereocenters. The van der Waals surface area contributed by atoms with Gasteiger partial charge in [0.2, 0.25) is 5.91 Å². The number of rotatable bonds is 9. The van der Waals surface area contributed by atoms with Crippen LogP contribution in [0, 0.1) is 0 Å². The summed E-state index contributed by atoms with van der Waals surface area (Å²) in [5.41, 5.74) is 0. The second-order valence-corrected chi connectivity index (χ2v) is 3.41. The van der Waals surface area contributed by atoms with Crippen molar-refractivity contribution in [3.8, 4) is 0 Å². The highest BCUT2D eigenvalue weighted by molar-refractivity contribution is 5.83. The van der Waals surface area contributed by atoms with E-state index >= 15 is 0 Å². The van der Waals surface area contributed by atoms with Crippen molar-refractivity contribution in [1.29, 1.82) is 0 Å². The third-order valence-electron chi connectivity index (χ3n) is 1.88. The second-order valence-electron chi connectivity index (χ2n) is 3.41. The van der Waals surface area contributed by atoms with Crippen LogP contribution in [0.5, 0.6) is 0 Å². The van der Waals surface area contributed by atoms with Crippen LogP contribution in [-0.4, -0.2) is 44.9 Å². The molecule has 0 heterocycles. The zero-order valence-corrected chi connectivity index (χ0v) is 9.56. The first-order valence-electron chi connectivity index (χ1n) is 5.28. The van der Waals surface area contributed by atoms with Gasteiger partial charge in [-0.05, 0) is 14.0 Å². The Balaban J connectivity index is 3.20. The monoisotopic (exact) mass is 215 g/mol. The molecule has 0 spiro atoms. The number of ketones is 1. The fourth-order valence-corrected chi connectivity index (χ4v) is 1.01. The van der Waals surface area contributed by atoms with Gasteiger partial charge in [0.1, 0.15) is 5.78 Å². The smallest absolute Gasteiger partial charge is 0.220 e. The molecule has 15 heavy (non-hydrogen) atoms. The zero-order valence-electron chi connectivity index (χ0n) is 9.56. The van der Waals surface area contributed by atoms with E-state index in [0.29, 0.717) is 19.4 Å². The van der Waals surface area contributed by atoms with Crippen molar-refractivity contribution in [1.82, 2.24) is 16.0 Å². The molecule has 0 saturated carbocycles. The highest BCUT2D eigenvalue weighted by Crippen LogP contribution is 1.88. The van der Waals surface area contributed by atoms with Crippen molar-refractivity contribution in [3.05, 3.63) is 0 Å². The summed E-state index contributed by atoms with van der Waals surface area (Å²) in [6, 6.07) is 0. The van der Waals surface area contributed by atoms with Gasteiger partial charge in [-0.15, -0.1) is 0 Å². The van der Waals surface area contributed by atoms with Gasteiger partial charge in [0.05, 0.1) is 0 Å². The first-order chi connectivity index (χ1) is 7.16. The Kier molecular flexibility index (Phi) is 9.01. The largest absolute Gasteiger partial charge is 0.355 e. The highest BCUT2D eigenvalue weighted by atomic mass is 16.2. The summed E-state index contributed by atoms with van der Waals surface area (Å²) in [6.07, 6.45) is 0.630. The predicted molar refractivity (Wildman–Crippen MR) is 59.7 cm³/mol. The van der Waals surface area contributed by atoms with Crippen LogP contribution in [0.15, 0.2) is 0 Å². The molecule has 5 heteroatoms. The molecule has 0 rings (SSSR count). The molecule has 1 amide bonds. The van der Waals surface area contributed by atoms with Gasteiger partial charge >= 0.3 is 0 Å². The van der Waals surface area contributed by atoms with Crippen LogP contribution in [-0.2, 0) is 9.59 Å². The van der Waals surface area contributed by atoms with Gasteiger partial charge in [0.25, 0.3) is 0 Å². The molecule has 0 aliphatic carbocycles. The van der Waals surface area contributed by atoms with E-state index in [9.17, 15) is 9.59 Å². The maximum absolute atomic E-state index is 11.1. The molecule has 0 saturated heterocycles. The molecule has 3 N–H and O–H groups in total. The minimum absolute atomic E-state index is 0.0531. The van der Waals surface area contributed by atoms with Crippen LogP contribution in [0.3, 0.4) is 0 Å². The van der Waals surface area contributed by atoms with Crippen LogP contribution in [0.4, 0.5) is 0 Å². The summed E-state index contributed by atoms with van der Waals surface area (Å²) in [6.45, 7) is 4.67. The van der Waals surface area contributed by atoms with Crippen LogP contribution in [0.2, 0.25) is 0 Å². The van der Waals surface area contributed by atoms with E-state index in [1.54, 1.807) is 0 Å². The molecule has 88 valence electrons. The predicted octanol–water partition coefficient (Wildman–Crippen LogP) is -0.719. The Morgan fingerprint density at radius 3 is 2.27 bits per heavy atom. The Hall–Kier alpha value is -0.940. The average Bonchev–Trinajstić information content (AvgIpc) is 2.20. The minimum Gasteiger partial charge on any atom is -0.355 e. The third kappa shape index (κ3) is 11.0. The molecule has 0 aromatic rings. The van der Waals surface area contributed by atoms with Crippen LogP contribution in [0.25, 0.3) is 0 Å². The maximum Gasteiger partial charge on any atom is 0.220 e. The van der Waals surface area contributed by atoms with E-state index in [0.717, 1.165) is 19.6 Å². The van der Waals surface area contributed by atoms with Gasteiger partial charge in [-0.3, -0.25) is 4.79 Å². The first-order valence-corrected chi connectivity index (χ1v) is 5.28. The van der Waals surface area contributed by atoms with E-state index < -0.39 is 0 Å². The highest BCUT2D eigenvalue weighted by Gasteiger charge is 2.01. The number of hydrogen-bond acceptors (Lipinski definition) is 4. The maximum atomic E-state index is 11.1. The lowest BCUT2D eigenvalue weighted by Crippen LogP contribution is -2.34. The van der Waals surface area contributed by atoms with Gasteiger partial charge in [0.15, 0.2) is 0 Å². The Morgan fingerprint density at radius 1 is 1.00 bits per heavy atom. The number of Topliss-reactive ketones (excluding diaryl/α,β-unsaturated/α-hetero) is 1. The summed E-state index contributed by atoms with van der Waals surface area (Å²) in [5, 5.41) is 8.92. The average molecular weight is 215 g/mol. The molecule has 0 radical (unpaired) electrons. The quantitative estimate of drug-likeness (QED) is 0.444. The molecule has 0 aliphatic heterocycles. The molecular weight excluding hydrogens is 194 g/mol. The molecule has 0 aliphatic rings. The number of amides is 1. The van der Waals surface area contributed by atoms with Gasteiger partial charge in [-0.25, -0.2) is 0 Å². The van der Waals surface area contributed by atoms with Crippen LogP contribution >= 0.6 is 0 Å². The van der Waals surface area contributed by atoms with Crippen molar-refractivity contribution in [2.24, 2.45) is 0 Å². The number of nitrogens with one attached hydrogen (secondary N) is 3. The summed E-state index contributed by atoms with van der Waals surface area (Å²) < 4.78 is 0. The van der Waals surface area contributed by atoms with E-state index in [4.69, 9.17) is 0 Å². The van der Waals surface area contributed by atoms with E-state index in [1.807, 2.05) is 7.05 Å². The molecular formula is C10H21N3O2. The standard InChI is InChI=1S/C10H21N3O2/c1-9(14)3-4-10(15)13-8-7-12-6-5-11-2/h11-12H,3-8H2,1-2H3,(H,13,15). The van der Waals surface area contributed by atoms with Gasteiger partial charge in [-0.2, -0.15) is 0 Å². The van der Waals surface area contributed by atoms with Gasteiger partial charge in [-0.1, -0.05) is 0 Å². The topological polar surface area (TPSA) is 70.2 Å². The van der Waals surface area contributed by atoms with Crippen molar-refractivity contribution >= 4 is 11.7 Å². The first kappa shape index (κ1) is 14.1. The van der Waals surface area contributed by atoms with E-state index in [-0.39, 0.29) is 11.7 Å². The van der Waals surface area contributed by atoms with Crippen LogP contribution in [0.1, 0.15) is 19.8 Å². The Morgan fingerprint density at radius 2 is 1.67 bits per heavy atom. The Labute approximate surface area is 91.0 Å².